The van der Waals surface area contributed by atoms with Crippen LogP contribution in [0.4, 0.5) is 0 Å². The first kappa shape index (κ1) is 14.7. The van der Waals surface area contributed by atoms with Gasteiger partial charge in [0.05, 0.1) is 70.2 Å². The summed E-state index contributed by atoms with van der Waals surface area (Å²) < 4.78 is 304. The summed E-state index contributed by atoms with van der Waals surface area (Å²) in [5.74, 6) is -2.51. The molecule has 0 unspecified atom stereocenters. The molecule has 278 valence electrons. The van der Waals surface area contributed by atoms with E-state index in [1.165, 1.54) is 0 Å². The Morgan fingerprint density at radius 2 is 0.917 bits per heavy atom. The molecular weight excluding hydrogens is 735 g/mol. The van der Waals surface area contributed by atoms with Gasteiger partial charge < -0.3 is 23.0 Å². The van der Waals surface area contributed by atoms with Crippen LogP contribution in [0.15, 0.2) is 192 Å². The maximum atomic E-state index is 10.1. The molecule has 6 heteroatoms. The summed E-state index contributed by atoms with van der Waals surface area (Å²) in [6, 6.07) is -27.4. The van der Waals surface area contributed by atoms with Crippen molar-refractivity contribution < 1.29 is 56.4 Å². The third kappa shape index (κ3) is 4.26. The van der Waals surface area contributed by atoms with Crippen LogP contribution in [-0.2, 0) is 0 Å². The summed E-state index contributed by atoms with van der Waals surface area (Å²) in [6.45, 7) is -1.66. The van der Waals surface area contributed by atoms with E-state index in [-0.39, 0.29) is 16.4 Å². The average molecular weight is 798 g/mol. The molecule has 3 aromatic heterocycles. The lowest BCUT2D eigenvalue weighted by molar-refractivity contribution is 0.465. The minimum atomic E-state index is -1.66. The normalized spacial score (nSPS) is 20.1. The van der Waals surface area contributed by atoms with Crippen molar-refractivity contribution >= 4 is 88.7 Å². The van der Waals surface area contributed by atoms with Crippen LogP contribution in [0.3, 0.4) is 0 Å². The minimum Gasteiger partial charge on any atom is -0.458 e. The second-order valence-corrected chi connectivity index (χ2v) is 13.6. The maximum absolute atomic E-state index is 10.1. The van der Waals surface area contributed by atoms with Crippen LogP contribution in [0.2, 0.25) is 0 Å². The molecule has 0 saturated carbocycles. The highest BCUT2D eigenvalue weighted by molar-refractivity contribution is 6.98. The van der Waals surface area contributed by atoms with Gasteiger partial charge in [0, 0.05) is 49.0 Å². The lowest BCUT2D eigenvalue weighted by atomic mass is 9.35. The Kier molecular flexibility index (Phi) is 2.89. The second kappa shape index (κ2) is 11.8. The molecule has 0 aliphatic carbocycles. The molecule has 0 bridgehead atoms. The molecule has 0 saturated heterocycles. The van der Waals surface area contributed by atoms with Crippen molar-refractivity contribution in [3.8, 4) is 45.5 Å². The largest absolute Gasteiger partial charge is 0.458 e. The zero-order valence-electron chi connectivity index (χ0n) is 60.7. The number of ether oxygens (including phenoxy) is 2. The van der Waals surface area contributed by atoms with Gasteiger partial charge in [0.25, 0.3) is 6.71 Å². The van der Waals surface area contributed by atoms with E-state index in [0.29, 0.717) is 0 Å². The zero-order valence-corrected chi connectivity index (χ0v) is 29.7. The predicted molar refractivity (Wildman–Crippen MR) is 246 cm³/mol. The number of para-hydroxylation sites is 7. The Balaban J connectivity index is 1.14. The number of hydrogen-bond acceptors (Lipinski definition) is 3. The quantitative estimate of drug-likeness (QED) is 0.167. The van der Waals surface area contributed by atoms with E-state index in [0.717, 1.165) is 9.13 Å². The van der Waals surface area contributed by atoms with Gasteiger partial charge in [0.1, 0.15) is 28.6 Å². The lowest BCUT2D eigenvalue weighted by Gasteiger charge is -2.33. The van der Waals surface area contributed by atoms with Crippen molar-refractivity contribution in [1.29, 1.82) is 0 Å². The van der Waals surface area contributed by atoms with Gasteiger partial charge in [-0.3, -0.25) is 0 Å². The molecule has 12 aromatic rings. The van der Waals surface area contributed by atoms with Crippen LogP contribution in [0.5, 0.6) is 23.0 Å². The molecule has 14 rings (SSSR count). The van der Waals surface area contributed by atoms with Crippen LogP contribution < -0.4 is 25.9 Å². The van der Waals surface area contributed by atoms with Crippen molar-refractivity contribution in [3.05, 3.63) is 187 Å². The first-order valence-corrected chi connectivity index (χ1v) is 17.9. The lowest BCUT2D eigenvalue weighted by Crippen LogP contribution is -2.57. The first-order valence-electron chi connectivity index (χ1n) is 33.4. The summed E-state index contributed by atoms with van der Waals surface area (Å²) in [7, 11) is 0. The van der Waals surface area contributed by atoms with Crippen LogP contribution >= 0.6 is 0 Å². The van der Waals surface area contributed by atoms with Crippen molar-refractivity contribution in [2.24, 2.45) is 0 Å². The number of hydrogen-bond donors (Lipinski definition) is 0. The fourth-order valence-electron chi connectivity index (χ4n) is 8.12. The fourth-order valence-corrected chi connectivity index (χ4v) is 8.12. The molecular formula is C54H31BN2O3. The smallest absolute Gasteiger partial charge is 0.260 e. The number of nitrogens with zero attached hydrogens (tertiary/aromatic N) is 2. The van der Waals surface area contributed by atoms with E-state index < -0.39 is 305 Å². The Morgan fingerprint density at radius 3 is 1.58 bits per heavy atom. The number of rotatable bonds is 3. The van der Waals surface area contributed by atoms with Crippen LogP contribution in [-0.4, -0.2) is 15.8 Å². The molecule has 9 aromatic carbocycles. The van der Waals surface area contributed by atoms with Gasteiger partial charge >= 0.3 is 0 Å². The second-order valence-electron chi connectivity index (χ2n) is 13.6. The standard InChI is InChI=1S/C54H31BN2O3/c1-6-21-43-35(13-1)36-14-2-7-22-44(36)56(43)33-27-28-46-40(31-33)37-15-3-8-23-45(37)57(46)47-24-12-18-39-38-17-11-16-34(53(38)60-54(39)47)32-29-50-52-51(30-32)59-49-26-10-5-20-42(49)55(52)41-19-4-9-25-48(41)58-50/h1-31H/i1D,2D,3D,4D,5D,6D,7D,8D,9D,10D,11D,12D,13D,14D,15D,16D,17D,18D,19D,20D,21D,22D,23D,24D,25D,26D,27D,28D,29D,30D,31D. The summed E-state index contributed by atoms with van der Waals surface area (Å²) in [5.41, 5.74) is -8.27. The fraction of sp³-hybridized carbons (Fsp3) is 0. The highest BCUT2D eigenvalue weighted by atomic mass is 16.5. The molecule has 0 fully saturated rings. The Hall–Kier alpha value is -7.96. The number of fused-ring (bicyclic) bond motifs is 13. The van der Waals surface area contributed by atoms with E-state index in [4.69, 9.17) is 38.6 Å². The molecule has 5 heterocycles. The first-order chi connectivity index (χ1) is 42.7. The van der Waals surface area contributed by atoms with Crippen molar-refractivity contribution in [1.82, 2.24) is 9.13 Å². The van der Waals surface area contributed by atoms with Crippen molar-refractivity contribution in [2.75, 3.05) is 0 Å². The van der Waals surface area contributed by atoms with Crippen molar-refractivity contribution in [3.63, 3.8) is 0 Å². The molecule has 0 atom stereocenters. The summed E-state index contributed by atoms with van der Waals surface area (Å²) in [4.78, 5) is 0. The SMILES string of the molecule is [2H]c1c([2H])c([2H])c2c(c1[2H])Oc1c([2H])c(-c3c([2H])c([2H])c([2H])c4c3oc3c(-n5c6c([2H])c([2H])c([2H])c([2H])c6c6c([2H])c(-n7c8c([2H])c([2H])c([2H])c([2H])c8c8c([2H])c([2H])c([2H])c([2H])c87)c([2H])c([2H])c65)c([2H])c([2H])c([2H])c34)c([2H])c3c1B2c1c([2H])c([2H])c([2H])c([2H])c1O3. The average Bonchev–Trinajstić information content (AvgIpc) is 1.68. The molecule has 2 aliphatic heterocycles. The van der Waals surface area contributed by atoms with E-state index >= 15 is 0 Å². The highest BCUT2D eigenvalue weighted by Crippen LogP contribution is 2.44. The van der Waals surface area contributed by atoms with Gasteiger partial charge in [-0.2, -0.15) is 0 Å². The third-order valence-electron chi connectivity index (χ3n) is 10.6. The number of aromatic nitrogens is 2. The number of benzene rings is 9. The van der Waals surface area contributed by atoms with Gasteiger partial charge in [-0.05, 0) is 83.0 Å². The van der Waals surface area contributed by atoms with E-state index in [2.05, 4.69) is 0 Å². The molecule has 0 radical (unpaired) electrons. The third-order valence-corrected chi connectivity index (χ3v) is 10.6. The van der Waals surface area contributed by atoms with Crippen LogP contribution in [0, 0.1) is 0 Å². The minimum absolute atomic E-state index is 0.336. The van der Waals surface area contributed by atoms with E-state index in [1.54, 1.807) is 0 Å². The number of furan rings is 1. The van der Waals surface area contributed by atoms with Crippen LogP contribution in [0.25, 0.3) is 88.1 Å². The molecule has 2 aliphatic rings. The monoisotopic (exact) mass is 797 g/mol. The summed E-state index contributed by atoms with van der Waals surface area (Å²) >= 11 is 0. The Morgan fingerprint density at radius 1 is 0.400 bits per heavy atom. The van der Waals surface area contributed by atoms with Gasteiger partial charge in [0.2, 0.25) is 0 Å². The highest BCUT2D eigenvalue weighted by Gasteiger charge is 2.40. The van der Waals surface area contributed by atoms with E-state index in [9.17, 15) is 17.8 Å². The summed E-state index contributed by atoms with van der Waals surface area (Å²) in [6.07, 6.45) is 0. The Bertz CT molecular complexity index is 5460. The molecule has 0 N–H and O–H groups in total. The van der Waals surface area contributed by atoms with Crippen LogP contribution in [0.1, 0.15) is 42.5 Å². The predicted octanol–water partition coefficient (Wildman–Crippen LogP) is 12.2. The van der Waals surface area contributed by atoms with Gasteiger partial charge in [0.15, 0.2) is 5.58 Å². The van der Waals surface area contributed by atoms with Gasteiger partial charge in [-0.15, -0.1) is 0 Å². The molecule has 0 amide bonds. The Labute approximate surface area is 387 Å². The summed E-state index contributed by atoms with van der Waals surface area (Å²) in [5, 5.41) is -3.49. The zero-order chi connectivity index (χ0) is 66.0. The molecule has 0 spiro atoms. The topological polar surface area (TPSA) is 41.5 Å². The molecule has 5 nitrogen and oxygen atoms in total. The van der Waals surface area contributed by atoms with Gasteiger partial charge in [-0.25, -0.2) is 0 Å². The van der Waals surface area contributed by atoms with Crippen molar-refractivity contribution in [2.45, 2.75) is 0 Å². The molecule has 60 heavy (non-hydrogen) atoms. The van der Waals surface area contributed by atoms with E-state index in [1.807, 2.05) is 0 Å². The van der Waals surface area contributed by atoms with Gasteiger partial charge in [-0.1, -0.05) is 121 Å². The maximum Gasteiger partial charge on any atom is 0.260 e.